The first-order valence-electron chi connectivity index (χ1n) is 5.66. The highest BCUT2D eigenvalue weighted by Gasteiger charge is 2.41. The molecule has 18 heavy (non-hydrogen) atoms. The fourth-order valence-electron chi connectivity index (χ4n) is 1.61. The van der Waals surface area contributed by atoms with E-state index in [-0.39, 0.29) is 18.7 Å². The zero-order valence-electron chi connectivity index (χ0n) is 9.67. The average Bonchev–Trinajstić information content (AvgIpc) is 3.12. The quantitative estimate of drug-likeness (QED) is 0.737. The van der Waals surface area contributed by atoms with Gasteiger partial charge >= 0.3 is 0 Å². The van der Waals surface area contributed by atoms with Gasteiger partial charge in [0.1, 0.15) is 17.3 Å². The van der Waals surface area contributed by atoms with Crippen LogP contribution in [0, 0.1) is 11.6 Å². The summed E-state index contributed by atoms with van der Waals surface area (Å²) in [6.45, 7) is -0.136. The topological polar surface area (TPSA) is 61.4 Å². The van der Waals surface area contributed by atoms with Crippen molar-refractivity contribution >= 4 is 11.6 Å². The van der Waals surface area contributed by atoms with E-state index in [1.807, 2.05) is 0 Å². The first kappa shape index (κ1) is 12.9. The molecule has 0 unspecified atom stereocenters. The van der Waals surface area contributed by atoms with Gasteiger partial charge in [0.05, 0.1) is 13.2 Å². The normalized spacial score (nSPS) is 16.4. The Morgan fingerprint density at radius 3 is 2.44 bits per heavy atom. The molecule has 3 N–H and O–H groups in total. The van der Waals surface area contributed by atoms with Crippen molar-refractivity contribution in [3.63, 3.8) is 0 Å². The average molecular weight is 256 g/mol. The Bertz CT molecular complexity index is 441. The smallest absolute Gasteiger partial charge is 0.238 e. The van der Waals surface area contributed by atoms with Crippen LogP contribution in [-0.4, -0.2) is 29.7 Å². The van der Waals surface area contributed by atoms with Gasteiger partial charge < -0.3 is 15.7 Å². The number of para-hydroxylation sites is 1. The largest absolute Gasteiger partial charge is 0.394 e. The summed E-state index contributed by atoms with van der Waals surface area (Å²) in [5, 5.41) is 14.1. The van der Waals surface area contributed by atoms with Crippen LogP contribution in [0.4, 0.5) is 14.5 Å². The van der Waals surface area contributed by atoms with Crippen molar-refractivity contribution in [1.29, 1.82) is 0 Å². The van der Waals surface area contributed by atoms with Gasteiger partial charge in [-0.1, -0.05) is 6.07 Å². The molecule has 6 heteroatoms. The molecule has 1 aromatic rings. The number of aliphatic hydroxyl groups excluding tert-OH is 1. The molecule has 98 valence electrons. The summed E-state index contributed by atoms with van der Waals surface area (Å²) in [5.41, 5.74) is -0.830. The maximum absolute atomic E-state index is 13.2. The summed E-state index contributed by atoms with van der Waals surface area (Å²) in [4.78, 5) is 11.5. The number of benzene rings is 1. The molecule has 1 amide bonds. The number of hydrogen-bond donors (Lipinski definition) is 3. The number of amides is 1. The predicted octanol–water partition coefficient (Wildman–Crippen LogP) is 1.02. The van der Waals surface area contributed by atoms with E-state index >= 15 is 0 Å². The Hall–Kier alpha value is -1.53. The second-order valence-electron chi connectivity index (χ2n) is 4.44. The van der Waals surface area contributed by atoms with Crippen molar-refractivity contribution in [1.82, 2.24) is 5.32 Å². The molecule has 0 bridgehead atoms. The van der Waals surface area contributed by atoms with Crippen LogP contribution in [0.1, 0.15) is 12.8 Å². The van der Waals surface area contributed by atoms with Crippen LogP contribution in [0.15, 0.2) is 18.2 Å². The van der Waals surface area contributed by atoms with Gasteiger partial charge in [-0.15, -0.1) is 0 Å². The first-order valence-corrected chi connectivity index (χ1v) is 5.66. The van der Waals surface area contributed by atoms with E-state index in [4.69, 9.17) is 5.11 Å². The summed E-state index contributed by atoms with van der Waals surface area (Å²) in [6, 6.07) is 3.37. The number of aliphatic hydroxyl groups is 1. The lowest BCUT2D eigenvalue weighted by molar-refractivity contribution is -0.115. The zero-order chi connectivity index (χ0) is 13.2. The summed E-state index contributed by atoms with van der Waals surface area (Å²) in [5.74, 6) is -2.17. The fraction of sp³-hybridized carbons (Fsp3) is 0.417. The van der Waals surface area contributed by atoms with Crippen molar-refractivity contribution < 1.29 is 18.7 Å². The predicted molar refractivity (Wildman–Crippen MR) is 62.0 cm³/mol. The van der Waals surface area contributed by atoms with E-state index in [9.17, 15) is 13.6 Å². The molecule has 0 aromatic heterocycles. The van der Waals surface area contributed by atoms with Crippen LogP contribution in [0.3, 0.4) is 0 Å². The van der Waals surface area contributed by atoms with Gasteiger partial charge in [0.15, 0.2) is 0 Å². The summed E-state index contributed by atoms with van der Waals surface area (Å²) in [6.07, 6.45) is 1.59. The van der Waals surface area contributed by atoms with Crippen LogP contribution >= 0.6 is 0 Å². The third kappa shape index (κ3) is 2.83. The fourth-order valence-corrected chi connectivity index (χ4v) is 1.61. The van der Waals surface area contributed by atoms with Gasteiger partial charge in [0, 0.05) is 5.54 Å². The molecule has 1 aliphatic carbocycles. The van der Waals surface area contributed by atoms with Gasteiger partial charge in [0.25, 0.3) is 0 Å². The van der Waals surface area contributed by atoms with Crippen molar-refractivity contribution in [3.05, 3.63) is 29.8 Å². The van der Waals surface area contributed by atoms with Crippen molar-refractivity contribution in [2.24, 2.45) is 0 Å². The second-order valence-corrected chi connectivity index (χ2v) is 4.44. The maximum Gasteiger partial charge on any atom is 0.238 e. The molecular weight excluding hydrogens is 242 g/mol. The molecule has 0 atom stereocenters. The molecule has 1 aliphatic rings. The minimum atomic E-state index is -0.813. The van der Waals surface area contributed by atoms with Gasteiger partial charge in [-0.25, -0.2) is 8.78 Å². The maximum atomic E-state index is 13.2. The molecule has 1 saturated carbocycles. The summed E-state index contributed by atoms with van der Waals surface area (Å²) >= 11 is 0. The van der Waals surface area contributed by atoms with E-state index in [0.29, 0.717) is 0 Å². The molecule has 1 fully saturated rings. The lowest BCUT2D eigenvalue weighted by Gasteiger charge is -2.14. The van der Waals surface area contributed by atoms with Gasteiger partial charge in [-0.2, -0.15) is 0 Å². The SMILES string of the molecule is O=C(CNC1(CO)CC1)Nc1c(F)cccc1F. The molecule has 0 saturated heterocycles. The van der Waals surface area contributed by atoms with E-state index < -0.39 is 23.2 Å². The lowest BCUT2D eigenvalue weighted by Crippen LogP contribution is -2.40. The molecule has 0 radical (unpaired) electrons. The molecule has 2 rings (SSSR count). The first-order chi connectivity index (χ1) is 8.56. The highest BCUT2D eigenvalue weighted by Crippen LogP contribution is 2.34. The minimum Gasteiger partial charge on any atom is -0.394 e. The number of nitrogens with one attached hydrogen (secondary N) is 2. The van der Waals surface area contributed by atoms with Gasteiger partial charge in [0.2, 0.25) is 5.91 Å². The second kappa shape index (κ2) is 4.99. The number of hydrogen-bond acceptors (Lipinski definition) is 3. The molecule has 0 aliphatic heterocycles. The number of rotatable bonds is 5. The Balaban J connectivity index is 1.91. The Kier molecular flexibility index (Phi) is 3.58. The monoisotopic (exact) mass is 256 g/mol. The van der Waals surface area contributed by atoms with Crippen LogP contribution in [0.2, 0.25) is 0 Å². The molecule has 0 spiro atoms. The molecule has 4 nitrogen and oxygen atoms in total. The summed E-state index contributed by atoms with van der Waals surface area (Å²) < 4.78 is 26.5. The number of carbonyl (C=O) groups excluding carboxylic acids is 1. The molecule has 0 heterocycles. The Morgan fingerprint density at radius 1 is 1.33 bits per heavy atom. The van der Waals surface area contributed by atoms with Crippen LogP contribution < -0.4 is 10.6 Å². The number of carbonyl (C=O) groups is 1. The lowest BCUT2D eigenvalue weighted by atomic mass is 10.2. The molecular formula is C12H14F2N2O2. The van der Waals surface area contributed by atoms with Crippen molar-refractivity contribution in [2.45, 2.75) is 18.4 Å². The van der Waals surface area contributed by atoms with Crippen LogP contribution in [0.25, 0.3) is 0 Å². The minimum absolute atomic E-state index is 0.0473. The van der Waals surface area contributed by atoms with E-state index in [1.54, 1.807) is 0 Å². The zero-order valence-corrected chi connectivity index (χ0v) is 9.67. The number of anilines is 1. The van der Waals surface area contributed by atoms with Crippen LogP contribution in [0.5, 0.6) is 0 Å². The van der Waals surface area contributed by atoms with E-state index in [0.717, 1.165) is 25.0 Å². The third-order valence-corrected chi connectivity index (χ3v) is 3.01. The van der Waals surface area contributed by atoms with Crippen molar-refractivity contribution in [3.8, 4) is 0 Å². The van der Waals surface area contributed by atoms with Crippen molar-refractivity contribution in [2.75, 3.05) is 18.5 Å². The highest BCUT2D eigenvalue weighted by atomic mass is 19.1. The third-order valence-electron chi connectivity index (χ3n) is 3.01. The van der Waals surface area contributed by atoms with Gasteiger partial charge in [-0.3, -0.25) is 4.79 Å². The number of halogens is 2. The summed E-state index contributed by atoms with van der Waals surface area (Å²) in [7, 11) is 0. The van der Waals surface area contributed by atoms with Gasteiger partial charge in [-0.05, 0) is 25.0 Å². The van der Waals surface area contributed by atoms with E-state index in [1.165, 1.54) is 6.07 Å². The Morgan fingerprint density at radius 2 is 1.94 bits per heavy atom. The van der Waals surface area contributed by atoms with Crippen LogP contribution in [-0.2, 0) is 4.79 Å². The van der Waals surface area contributed by atoms with E-state index in [2.05, 4.69) is 10.6 Å². The standard InChI is InChI=1S/C12H14F2N2O2/c13-8-2-1-3-9(14)11(8)16-10(18)6-15-12(7-17)4-5-12/h1-3,15,17H,4-7H2,(H,16,18). The molecule has 1 aromatic carbocycles. The highest BCUT2D eigenvalue weighted by molar-refractivity contribution is 5.92. The Labute approximate surface area is 103 Å².